The van der Waals surface area contributed by atoms with Crippen molar-refractivity contribution >= 4 is 92.9 Å². The monoisotopic (exact) mass is 1360 g/mol. The molecule has 25 heteroatoms. The number of benzene rings is 3. The van der Waals surface area contributed by atoms with Crippen molar-refractivity contribution in [3.8, 4) is 0 Å². The predicted octanol–water partition coefficient (Wildman–Crippen LogP) is 8.59. The second-order valence-corrected chi connectivity index (χ2v) is 29.9. The molecule has 0 unspecified atom stereocenters. The average Bonchev–Trinajstić information content (AvgIpc) is 3.77. The van der Waals surface area contributed by atoms with E-state index < -0.39 is 50.1 Å². The van der Waals surface area contributed by atoms with E-state index in [-0.39, 0.29) is 68.9 Å². The number of nitrogens with zero attached hydrogens (tertiary/aromatic N) is 3. The molecule has 3 fully saturated rings. The van der Waals surface area contributed by atoms with E-state index in [9.17, 15) is 54.2 Å². The highest BCUT2D eigenvalue weighted by atomic mass is 127. The summed E-state index contributed by atoms with van der Waals surface area (Å²) in [4.78, 5) is 36.3. The topological polar surface area (TPSA) is 265 Å². The van der Waals surface area contributed by atoms with Crippen LogP contribution in [0.3, 0.4) is 0 Å². The van der Waals surface area contributed by atoms with Gasteiger partial charge in [-0.15, -0.1) is 0 Å². The largest absolute Gasteiger partial charge is 0.396 e. The Kier molecular flexibility index (Phi) is 21.9. The Morgan fingerprint density at radius 2 is 0.831 bits per heavy atom. The summed E-state index contributed by atoms with van der Waals surface area (Å²) in [6.45, 7) is 3.45. The Labute approximate surface area is 508 Å². The number of aliphatic hydroxyl groups excluding tert-OH is 3. The zero-order chi connectivity index (χ0) is 60.2. The van der Waals surface area contributed by atoms with Crippen molar-refractivity contribution in [2.75, 3.05) is 34.0 Å². The summed E-state index contributed by atoms with van der Waals surface area (Å²) in [6.07, 6.45) is 9.57. The Hall–Kier alpha value is -5.12. The summed E-state index contributed by atoms with van der Waals surface area (Å²) in [5.41, 5.74) is 5.84. The van der Waals surface area contributed by atoms with Crippen LogP contribution in [0.5, 0.6) is 0 Å². The highest BCUT2D eigenvalue weighted by Crippen LogP contribution is 2.49. The maximum absolute atomic E-state index is 14.2. The standard InChI is InChI=1S/C20H25ClN2O4S.C19H23ClN2O4S.C18H20FIN2O4S.CH4/c1-14-4-5-15(17(21)10-14)11-16-12-19(25)23(2)13-18(16)22-28(26,27)20(7-8-20)6-3-9-24;1-13-3-4-14(16(20)9-13)10-15-11-18(24)22(2)12-17(15)21-27(25,26)19(5-6-19)7-8-23;1-22-11-16(21-27(25,26)18(4-5-18)6-7-23)13(9-17(22)24)8-12-2-3-14(20)10-15(12)19;/h4-5,10,12-13,22,24H,3,6-9,11H2,1-2H3;3-4,9,11-12,21,23H,5-8,10H2,1-2H3;2-3,9-11,21,23H,4-8H2,1H3;1H4. The first-order valence-corrected chi connectivity index (χ1v) is 32.7. The number of pyridine rings is 3. The summed E-state index contributed by atoms with van der Waals surface area (Å²) in [5.74, 6) is -0.407. The number of anilines is 3. The fourth-order valence-corrected chi connectivity index (χ4v) is 15.7. The second kappa shape index (κ2) is 27.1. The highest BCUT2D eigenvalue weighted by Gasteiger charge is 2.56. The summed E-state index contributed by atoms with van der Waals surface area (Å²) in [6, 6.07) is 20.3. The minimum absolute atomic E-state index is 0. The molecule has 0 saturated heterocycles. The molecule has 3 aliphatic carbocycles. The van der Waals surface area contributed by atoms with E-state index in [0.29, 0.717) is 108 Å². The van der Waals surface area contributed by atoms with Gasteiger partial charge in [0.05, 0.1) is 31.3 Å². The van der Waals surface area contributed by atoms with Gasteiger partial charge in [0.2, 0.25) is 30.1 Å². The molecule has 0 aliphatic heterocycles. The van der Waals surface area contributed by atoms with Crippen molar-refractivity contribution in [2.45, 2.75) is 119 Å². The first-order valence-electron chi connectivity index (χ1n) is 26.4. The predicted molar refractivity (Wildman–Crippen MR) is 335 cm³/mol. The molecule has 3 aromatic heterocycles. The molecule has 6 aromatic rings. The lowest BCUT2D eigenvalue weighted by molar-refractivity contribution is 0.282. The van der Waals surface area contributed by atoms with Crippen molar-refractivity contribution < 1.29 is 45.0 Å². The van der Waals surface area contributed by atoms with Crippen LogP contribution < -0.4 is 30.8 Å². The van der Waals surface area contributed by atoms with Crippen molar-refractivity contribution in [1.29, 1.82) is 0 Å². The summed E-state index contributed by atoms with van der Waals surface area (Å²) in [7, 11) is -6.39. The quantitative estimate of drug-likeness (QED) is 0.0349. The van der Waals surface area contributed by atoms with Crippen LogP contribution in [-0.2, 0) is 70.5 Å². The maximum Gasteiger partial charge on any atom is 0.250 e. The summed E-state index contributed by atoms with van der Waals surface area (Å²) < 4.78 is 101. The van der Waals surface area contributed by atoms with Crippen LogP contribution in [-0.4, -0.2) is 88.3 Å². The van der Waals surface area contributed by atoms with Gasteiger partial charge < -0.3 is 29.0 Å². The summed E-state index contributed by atoms with van der Waals surface area (Å²) >= 11 is 14.6. The minimum atomic E-state index is -3.75. The molecule has 452 valence electrons. The number of rotatable bonds is 22. The SMILES string of the molecule is C.Cc1ccc(Cc2cc(=O)n(C)cc2NS(=O)(=O)C2(CCCO)CC2)c(Cl)c1.Cc1ccc(Cc2cc(=O)n(C)cc2NS(=O)(=O)C2(CCO)CC2)c(Cl)c1.Cn1cc(NS(=O)(=O)C2(CCO)CC2)c(Cc2ccc(I)cc2F)cc1=O. The van der Waals surface area contributed by atoms with Crippen LogP contribution in [0.25, 0.3) is 0 Å². The van der Waals surface area contributed by atoms with Gasteiger partial charge >= 0.3 is 0 Å². The van der Waals surface area contributed by atoms with Crippen molar-refractivity contribution in [2.24, 2.45) is 21.1 Å². The lowest BCUT2D eigenvalue weighted by atomic mass is 10.0. The fraction of sp³-hybridized carbons (Fsp3) is 0.431. The van der Waals surface area contributed by atoms with Crippen LogP contribution in [0, 0.1) is 23.2 Å². The van der Waals surface area contributed by atoms with Crippen LogP contribution in [0.1, 0.15) is 116 Å². The number of nitrogens with one attached hydrogen (secondary N) is 3. The molecular formula is C58H72Cl2FIN6O12S3. The van der Waals surface area contributed by atoms with Gasteiger partial charge in [-0.2, -0.15) is 0 Å². The average molecular weight is 1360 g/mol. The molecule has 0 spiro atoms. The maximum atomic E-state index is 14.2. The number of hydrogen-bond acceptors (Lipinski definition) is 12. The number of halogens is 4. The van der Waals surface area contributed by atoms with Gasteiger partial charge in [0, 0.05) is 111 Å². The van der Waals surface area contributed by atoms with E-state index in [1.165, 1.54) is 63.6 Å². The Morgan fingerprint density at radius 1 is 0.506 bits per heavy atom. The molecule has 3 saturated carbocycles. The van der Waals surface area contributed by atoms with Gasteiger partial charge in [-0.05, 0) is 169 Å². The number of sulfonamides is 3. The number of aryl methyl sites for hydroxylation is 5. The van der Waals surface area contributed by atoms with Gasteiger partial charge in [-0.1, -0.05) is 61.0 Å². The zero-order valence-corrected chi connectivity index (χ0v) is 52.2. The van der Waals surface area contributed by atoms with E-state index in [0.717, 1.165) is 25.8 Å². The van der Waals surface area contributed by atoms with Crippen LogP contribution >= 0.6 is 45.8 Å². The Balaban J connectivity index is 0.000000199. The Morgan fingerprint density at radius 3 is 1.13 bits per heavy atom. The molecule has 3 heterocycles. The van der Waals surface area contributed by atoms with Gasteiger partial charge in [0.1, 0.15) is 5.82 Å². The molecule has 0 amide bonds. The number of hydrogen-bond donors (Lipinski definition) is 6. The van der Waals surface area contributed by atoms with Crippen molar-refractivity contribution in [1.82, 2.24) is 13.7 Å². The molecule has 9 rings (SSSR count). The second-order valence-electron chi connectivity index (χ2n) is 21.6. The third-order valence-electron chi connectivity index (χ3n) is 15.3. The fourth-order valence-electron chi connectivity index (χ4n) is 9.54. The molecule has 0 atom stereocenters. The van der Waals surface area contributed by atoms with E-state index in [2.05, 4.69) is 14.2 Å². The molecule has 3 aromatic carbocycles. The lowest BCUT2D eigenvalue weighted by Gasteiger charge is -2.20. The van der Waals surface area contributed by atoms with Gasteiger partial charge in [-0.25, -0.2) is 29.6 Å². The van der Waals surface area contributed by atoms with E-state index >= 15 is 0 Å². The number of aromatic nitrogens is 3. The molecule has 6 N–H and O–H groups in total. The Bertz CT molecular complexity index is 3740. The first-order chi connectivity index (χ1) is 38.5. The minimum Gasteiger partial charge on any atom is -0.396 e. The van der Waals surface area contributed by atoms with E-state index in [1.807, 2.05) is 72.8 Å². The van der Waals surface area contributed by atoms with Gasteiger partial charge in [-0.3, -0.25) is 28.5 Å². The molecule has 0 radical (unpaired) electrons. The zero-order valence-electron chi connectivity index (χ0n) is 46.1. The molecule has 18 nitrogen and oxygen atoms in total. The van der Waals surface area contributed by atoms with Crippen molar-refractivity contribution in [3.05, 3.63) is 186 Å². The van der Waals surface area contributed by atoms with Gasteiger partial charge in [0.15, 0.2) is 0 Å². The smallest absolute Gasteiger partial charge is 0.250 e. The third-order valence-corrected chi connectivity index (χ3v) is 23.4. The lowest BCUT2D eigenvalue weighted by Crippen LogP contribution is -2.32. The summed E-state index contributed by atoms with van der Waals surface area (Å²) in [5, 5.41) is 28.6. The molecule has 83 heavy (non-hydrogen) atoms. The third kappa shape index (κ3) is 16.1. The van der Waals surface area contributed by atoms with E-state index in [1.54, 1.807) is 26.2 Å². The van der Waals surface area contributed by atoms with Gasteiger partial charge in [0.25, 0.3) is 16.7 Å². The van der Waals surface area contributed by atoms with Crippen molar-refractivity contribution in [3.63, 3.8) is 0 Å². The van der Waals surface area contributed by atoms with E-state index in [4.69, 9.17) is 28.3 Å². The van der Waals surface area contributed by atoms with Crippen LogP contribution in [0.4, 0.5) is 21.5 Å². The number of aliphatic hydroxyl groups is 3. The molecule has 0 bridgehead atoms. The van der Waals surface area contributed by atoms with Crippen LogP contribution in [0.2, 0.25) is 10.0 Å². The normalized spacial score (nSPS) is 15.3. The first kappa shape index (κ1) is 67.0. The highest BCUT2D eigenvalue weighted by molar-refractivity contribution is 14.1. The molecular weight excluding hydrogens is 1290 g/mol. The van der Waals surface area contributed by atoms with Crippen LogP contribution in [0.15, 0.2) is 106 Å². The molecule has 3 aliphatic rings.